The van der Waals surface area contributed by atoms with Crippen LogP contribution in [0.1, 0.15) is 168 Å². The van der Waals surface area contributed by atoms with E-state index < -0.39 is 6.10 Å². The highest BCUT2D eigenvalue weighted by molar-refractivity contribution is 5.70. The quantitative estimate of drug-likeness (QED) is 0.0438. The summed E-state index contributed by atoms with van der Waals surface area (Å²) in [5.74, 6) is -0.642. The molecule has 0 radical (unpaired) electrons. The molecule has 0 aliphatic rings. The van der Waals surface area contributed by atoms with Gasteiger partial charge in [0.2, 0.25) is 0 Å². The number of hydrogen-bond acceptors (Lipinski definition) is 5. The van der Waals surface area contributed by atoms with Crippen molar-refractivity contribution in [2.45, 2.75) is 174 Å². The number of esters is 2. The Hall–Kier alpha value is -2.40. The van der Waals surface area contributed by atoms with Crippen molar-refractivity contribution in [3.05, 3.63) is 60.8 Å². The number of aliphatic hydroxyl groups excluding tert-OH is 1. The molecule has 0 rings (SSSR count). The first kappa shape index (κ1) is 43.6. The van der Waals surface area contributed by atoms with E-state index in [1.807, 2.05) is 0 Å². The van der Waals surface area contributed by atoms with E-state index in [9.17, 15) is 14.7 Å². The van der Waals surface area contributed by atoms with Crippen molar-refractivity contribution in [3.8, 4) is 0 Å². The minimum absolute atomic E-state index is 0.0854. The first-order valence-corrected chi connectivity index (χ1v) is 18.8. The van der Waals surface area contributed by atoms with E-state index in [0.29, 0.717) is 12.8 Å². The second-order valence-corrected chi connectivity index (χ2v) is 12.3. The maximum atomic E-state index is 12.1. The van der Waals surface area contributed by atoms with Gasteiger partial charge in [-0.2, -0.15) is 0 Å². The standard InChI is InChI=1S/C41H70O5/c1-3-5-7-9-11-13-15-17-18-19-20-21-22-24-26-28-30-32-34-36-41(44)46-39(37-42)38-45-40(43)35-33-31-29-27-25-23-16-14-12-10-8-6-4-2/h11,13-14,16-18,20-21,24,26,39,42H,3-10,12,15,19,22-23,25,27-38H2,1-2H3. The van der Waals surface area contributed by atoms with E-state index in [-0.39, 0.29) is 25.2 Å². The normalized spacial score (nSPS) is 12.8. The predicted octanol–water partition coefficient (Wildman–Crippen LogP) is 11.6. The van der Waals surface area contributed by atoms with Gasteiger partial charge in [0.25, 0.3) is 0 Å². The predicted molar refractivity (Wildman–Crippen MR) is 196 cm³/mol. The summed E-state index contributed by atoms with van der Waals surface area (Å²) in [6.45, 7) is 4.04. The zero-order valence-electron chi connectivity index (χ0n) is 29.8. The summed E-state index contributed by atoms with van der Waals surface area (Å²) < 4.78 is 10.6. The van der Waals surface area contributed by atoms with E-state index in [1.54, 1.807) is 0 Å². The molecule has 1 unspecified atom stereocenters. The van der Waals surface area contributed by atoms with Gasteiger partial charge >= 0.3 is 11.9 Å². The maximum absolute atomic E-state index is 12.1. The van der Waals surface area contributed by atoms with Crippen LogP contribution in [0.25, 0.3) is 0 Å². The van der Waals surface area contributed by atoms with Gasteiger partial charge in [0.05, 0.1) is 6.61 Å². The Bertz CT molecular complexity index is 823. The number of rotatable bonds is 33. The highest BCUT2D eigenvalue weighted by Crippen LogP contribution is 2.11. The Labute approximate surface area is 283 Å². The van der Waals surface area contributed by atoms with Crippen LogP contribution in [0, 0.1) is 0 Å². The summed E-state index contributed by atoms with van der Waals surface area (Å²) in [5.41, 5.74) is 0. The van der Waals surface area contributed by atoms with Crippen molar-refractivity contribution in [3.63, 3.8) is 0 Å². The number of allylic oxidation sites excluding steroid dienone is 10. The number of ether oxygens (including phenoxy) is 2. The van der Waals surface area contributed by atoms with Gasteiger partial charge in [-0.3, -0.25) is 9.59 Å². The van der Waals surface area contributed by atoms with Crippen molar-refractivity contribution < 1.29 is 24.2 Å². The van der Waals surface area contributed by atoms with Crippen LogP contribution in [0.4, 0.5) is 0 Å². The Morgan fingerprint density at radius 1 is 0.500 bits per heavy atom. The van der Waals surface area contributed by atoms with Gasteiger partial charge in [-0.05, 0) is 83.5 Å². The lowest BCUT2D eigenvalue weighted by atomic mass is 10.1. The van der Waals surface area contributed by atoms with Gasteiger partial charge in [0, 0.05) is 12.8 Å². The summed E-state index contributed by atoms with van der Waals surface area (Å²) in [6.07, 6.45) is 47.0. The van der Waals surface area contributed by atoms with Crippen LogP contribution >= 0.6 is 0 Å². The van der Waals surface area contributed by atoms with Crippen LogP contribution < -0.4 is 0 Å². The van der Waals surface area contributed by atoms with E-state index >= 15 is 0 Å². The van der Waals surface area contributed by atoms with Gasteiger partial charge in [-0.25, -0.2) is 0 Å². The van der Waals surface area contributed by atoms with Crippen molar-refractivity contribution >= 4 is 11.9 Å². The molecule has 1 atom stereocenters. The maximum Gasteiger partial charge on any atom is 0.306 e. The molecule has 0 fully saturated rings. The number of carbonyl (C=O) groups is 2. The van der Waals surface area contributed by atoms with Gasteiger partial charge in [0.1, 0.15) is 6.61 Å². The molecule has 1 N–H and O–H groups in total. The molecule has 0 aromatic heterocycles. The Morgan fingerprint density at radius 2 is 0.870 bits per heavy atom. The van der Waals surface area contributed by atoms with E-state index in [1.165, 1.54) is 70.6 Å². The fourth-order valence-corrected chi connectivity index (χ4v) is 4.88. The van der Waals surface area contributed by atoms with E-state index in [0.717, 1.165) is 70.6 Å². The Kier molecular flexibility index (Phi) is 35.1. The Balaban J connectivity index is 3.68. The zero-order chi connectivity index (χ0) is 33.6. The summed E-state index contributed by atoms with van der Waals surface area (Å²) >= 11 is 0. The Morgan fingerprint density at radius 3 is 1.39 bits per heavy atom. The molecule has 0 amide bonds. The first-order chi connectivity index (χ1) is 22.6. The molecular weight excluding hydrogens is 572 g/mol. The molecule has 0 saturated carbocycles. The lowest BCUT2D eigenvalue weighted by Crippen LogP contribution is -2.28. The lowest BCUT2D eigenvalue weighted by molar-refractivity contribution is -0.161. The third kappa shape index (κ3) is 34.5. The minimum atomic E-state index is -0.792. The van der Waals surface area contributed by atoms with Crippen LogP contribution in [0.15, 0.2) is 60.8 Å². The van der Waals surface area contributed by atoms with Crippen LogP contribution in [0.5, 0.6) is 0 Å². The number of hydrogen-bond donors (Lipinski definition) is 1. The van der Waals surface area contributed by atoms with Gasteiger partial charge in [0.15, 0.2) is 6.10 Å². The molecular formula is C41H70O5. The topological polar surface area (TPSA) is 72.8 Å². The lowest BCUT2D eigenvalue weighted by Gasteiger charge is -2.15. The van der Waals surface area contributed by atoms with E-state index in [2.05, 4.69) is 74.6 Å². The summed E-state index contributed by atoms with van der Waals surface area (Å²) in [7, 11) is 0. The van der Waals surface area contributed by atoms with Gasteiger partial charge < -0.3 is 14.6 Å². The second kappa shape index (κ2) is 37.1. The number of aliphatic hydroxyl groups is 1. The smallest absolute Gasteiger partial charge is 0.306 e. The highest BCUT2D eigenvalue weighted by atomic mass is 16.6. The SMILES string of the molecule is CCCCCC=CCC=CCC=CCC=CCCCCCC(=O)OC(CO)COC(=O)CCCCCCCC=CCCCCCC. The first-order valence-electron chi connectivity index (χ1n) is 18.8. The monoisotopic (exact) mass is 643 g/mol. The molecule has 0 aliphatic carbocycles. The summed E-state index contributed by atoms with van der Waals surface area (Å²) in [5, 5.41) is 9.53. The minimum Gasteiger partial charge on any atom is -0.462 e. The average molecular weight is 643 g/mol. The molecule has 0 heterocycles. The van der Waals surface area contributed by atoms with Crippen molar-refractivity contribution in [2.24, 2.45) is 0 Å². The molecule has 5 heteroatoms. The number of carbonyl (C=O) groups excluding carboxylic acids is 2. The molecule has 0 saturated heterocycles. The van der Waals surface area contributed by atoms with Crippen LogP contribution in [-0.2, 0) is 19.1 Å². The fraction of sp³-hybridized carbons (Fsp3) is 0.707. The third-order valence-corrected chi connectivity index (χ3v) is 7.78. The van der Waals surface area contributed by atoms with Crippen molar-refractivity contribution in [1.82, 2.24) is 0 Å². The summed E-state index contributed by atoms with van der Waals surface area (Å²) in [4.78, 5) is 24.2. The van der Waals surface area contributed by atoms with E-state index in [4.69, 9.17) is 9.47 Å². The molecule has 0 bridgehead atoms. The largest absolute Gasteiger partial charge is 0.462 e. The fourth-order valence-electron chi connectivity index (χ4n) is 4.88. The zero-order valence-corrected chi connectivity index (χ0v) is 29.8. The molecule has 264 valence electrons. The van der Waals surface area contributed by atoms with Crippen LogP contribution in [-0.4, -0.2) is 36.4 Å². The summed E-state index contributed by atoms with van der Waals surface area (Å²) in [6, 6.07) is 0. The highest BCUT2D eigenvalue weighted by Gasteiger charge is 2.16. The molecule has 5 nitrogen and oxygen atoms in total. The molecule has 0 aromatic rings. The van der Waals surface area contributed by atoms with Gasteiger partial charge in [-0.15, -0.1) is 0 Å². The van der Waals surface area contributed by atoms with Crippen LogP contribution in [0.2, 0.25) is 0 Å². The average Bonchev–Trinajstić information content (AvgIpc) is 3.06. The molecule has 46 heavy (non-hydrogen) atoms. The second-order valence-electron chi connectivity index (χ2n) is 12.3. The van der Waals surface area contributed by atoms with Crippen molar-refractivity contribution in [1.29, 1.82) is 0 Å². The van der Waals surface area contributed by atoms with Gasteiger partial charge in [-0.1, -0.05) is 132 Å². The molecule has 0 spiro atoms. The van der Waals surface area contributed by atoms with Crippen LogP contribution in [0.3, 0.4) is 0 Å². The molecule has 0 aliphatic heterocycles. The number of unbranched alkanes of at least 4 members (excludes halogenated alkanes) is 15. The third-order valence-electron chi connectivity index (χ3n) is 7.78. The van der Waals surface area contributed by atoms with Crippen molar-refractivity contribution in [2.75, 3.05) is 13.2 Å². The molecule has 0 aromatic carbocycles.